The smallest absolute Gasteiger partial charge is 0.292 e. The average Bonchev–Trinajstić information content (AvgIpc) is 3.38. The van der Waals surface area contributed by atoms with Gasteiger partial charge in [-0.05, 0) is 42.8 Å². The van der Waals surface area contributed by atoms with Crippen LogP contribution in [0.3, 0.4) is 0 Å². The van der Waals surface area contributed by atoms with Gasteiger partial charge in [-0.15, -0.1) is 0 Å². The number of aliphatic hydroxyl groups excluding tert-OH is 1. The van der Waals surface area contributed by atoms with E-state index >= 15 is 0 Å². The second-order valence-electron chi connectivity index (χ2n) is 9.00. The van der Waals surface area contributed by atoms with Crippen molar-refractivity contribution in [2.75, 3.05) is 23.3 Å². The number of ether oxygens (including phenoxy) is 1. The minimum absolute atomic E-state index is 0.0754. The van der Waals surface area contributed by atoms with Crippen LogP contribution in [-0.4, -0.2) is 59.7 Å². The van der Waals surface area contributed by atoms with Gasteiger partial charge in [0.2, 0.25) is 5.95 Å². The van der Waals surface area contributed by atoms with Crippen LogP contribution in [-0.2, 0) is 7.05 Å². The van der Waals surface area contributed by atoms with Gasteiger partial charge in [0, 0.05) is 18.8 Å². The molecule has 0 spiro atoms. The summed E-state index contributed by atoms with van der Waals surface area (Å²) in [4.78, 5) is 22.7. The molecule has 6 rings (SSSR count). The first-order valence-electron chi connectivity index (χ1n) is 11.5. The van der Waals surface area contributed by atoms with E-state index < -0.39 is 18.6 Å². The maximum Gasteiger partial charge on any atom is 0.292 e. The van der Waals surface area contributed by atoms with Crippen LogP contribution in [0.15, 0.2) is 55.2 Å². The number of rotatable bonds is 5. The molecule has 1 aliphatic heterocycles. The third-order valence-electron chi connectivity index (χ3n) is 6.29. The Kier molecular flexibility index (Phi) is 5.33. The lowest BCUT2D eigenvalue weighted by Crippen LogP contribution is -2.31. The van der Waals surface area contributed by atoms with Crippen molar-refractivity contribution < 1.29 is 18.6 Å². The van der Waals surface area contributed by atoms with Crippen LogP contribution in [0.1, 0.15) is 5.56 Å². The van der Waals surface area contributed by atoms with Crippen molar-refractivity contribution in [3.63, 3.8) is 0 Å². The summed E-state index contributed by atoms with van der Waals surface area (Å²) in [7, 11) is 1.94. The van der Waals surface area contributed by atoms with Crippen LogP contribution in [0.25, 0.3) is 22.1 Å². The van der Waals surface area contributed by atoms with E-state index in [9.17, 15) is 13.9 Å². The number of halogens is 2. The Hall–Kier alpha value is -4.45. The van der Waals surface area contributed by atoms with E-state index in [-0.39, 0.29) is 12.5 Å². The minimum Gasteiger partial charge on any atom is -0.457 e. The molecule has 12 heteroatoms. The molecule has 1 fully saturated rings. The molecule has 2 aromatic carbocycles. The number of aliphatic hydroxyl groups is 1. The van der Waals surface area contributed by atoms with Gasteiger partial charge in [-0.1, -0.05) is 0 Å². The van der Waals surface area contributed by atoms with Crippen molar-refractivity contribution >= 4 is 39.5 Å². The molecular weight excluding hydrogens is 482 g/mol. The van der Waals surface area contributed by atoms with E-state index in [4.69, 9.17) is 4.74 Å². The summed E-state index contributed by atoms with van der Waals surface area (Å²) >= 11 is 0. The zero-order chi connectivity index (χ0) is 25.7. The van der Waals surface area contributed by atoms with E-state index in [1.165, 1.54) is 17.4 Å². The molecular formula is C25H22F2N8O2. The molecule has 0 aliphatic carbocycles. The molecule has 0 amide bonds. The second-order valence-corrected chi connectivity index (χ2v) is 9.00. The zero-order valence-corrected chi connectivity index (χ0v) is 19.9. The predicted octanol–water partition coefficient (Wildman–Crippen LogP) is 3.97. The van der Waals surface area contributed by atoms with Gasteiger partial charge in [0.25, 0.3) is 5.92 Å². The van der Waals surface area contributed by atoms with Gasteiger partial charge in [0.15, 0.2) is 5.82 Å². The normalized spacial score (nSPS) is 17.0. The molecule has 188 valence electrons. The molecule has 0 saturated carbocycles. The highest BCUT2D eigenvalue weighted by Crippen LogP contribution is 2.32. The van der Waals surface area contributed by atoms with Crippen LogP contribution in [0.5, 0.6) is 11.5 Å². The third kappa shape index (κ3) is 4.25. The first-order chi connectivity index (χ1) is 17.8. The molecule has 0 unspecified atom stereocenters. The Morgan fingerprint density at radius 2 is 1.95 bits per heavy atom. The average molecular weight is 505 g/mol. The lowest BCUT2D eigenvalue weighted by molar-refractivity contribution is -0.0712. The number of nitrogens with zero attached hydrogens (tertiary/aromatic N) is 7. The molecule has 4 heterocycles. The van der Waals surface area contributed by atoms with Gasteiger partial charge in [-0.25, -0.2) is 33.7 Å². The van der Waals surface area contributed by atoms with Crippen LogP contribution in [0.2, 0.25) is 0 Å². The standard InChI is InChI=1S/C25H22F2N8O2/c1-14-7-15(3-6-20(14)37-16-4-5-19-17(8-16)31-13-34(19)2)32-23-22-18(29-12-30-23)9-28-24(33-22)35-10-21(36)25(26,27)11-35/h3-9,12-13,21,36H,10-11H2,1-2H3,(H,29,30,32)/t21-/m1/s1. The molecule has 0 radical (unpaired) electrons. The van der Waals surface area contributed by atoms with Crippen molar-refractivity contribution in [1.29, 1.82) is 0 Å². The van der Waals surface area contributed by atoms with Crippen molar-refractivity contribution in [3.8, 4) is 11.5 Å². The second kappa shape index (κ2) is 8.59. The fourth-order valence-electron chi connectivity index (χ4n) is 4.29. The number of β-amino-alcohol motifs (C(OH)–C–C–N with tert-alkyl or cyclic N) is 1. The SMILES string of the molecule is Cc1cc(Nc2ncnc3cnc(N4C[C@@H](O)C(F)(F)C4)nc23)ccc1Oc1ccc2c(c1)ncn2C. The number of imidazole rings is 1. The van der Waals surface area contributed by atoms with Crippen molar-refractivity contribution in [2.24, 2.45) is 7.05 Å². The fourth-order valence-corrected chi connectivity index (χ4v) is 4.29. The topological polar surface area (TPSA) is 114 Å². The highest BCUT2D eigenvalue weighted by molar-refractivity contribution is 5.87. The molecule has 10 nitrogen and oxygen atoms in total. The zero-order valence-electron chi connectivity index (χ0n) is 19.9. The highest BCUT2D eigenvalue weighted by atomic mass is 19.3. The lowest BCUT2D eigenvalue weighted by atomic mass is 10.2. The minimum atomic E-state index is -3.22. The molecule has 1 atom stereocenters. The molecule has 0 bridgehead atoms. The van der Waals surface area contributed by atoms with Gasteiger partial charge in [-0.2, -0.15) is 0 Å². The van der Waals surface area contributed by atoms with Crippen molar-refractivity contribution in [3.05, 3.63) is 60.8 Å². The predicted molar refractivity (Wildman–Crippen MR) is 134 cm³/mol. The summed E-state index contributed by atoms with van der Waals surface area (Å²) in [6.07, 6.45) is 2.81. The summed E-state index contributed by atoms with van der Waals surface area (Å²) in [5.74, 6) is -1.39. The van der Waals surface area contributed by atoms with Crippen LogP contribution in [0.4, 0.5) is 26.2 Å². The number of benzene rings is 2. The van der Waals surface area contributed by atoms with Crippen molar-refractivity contribution in [1.82, 2.24) is 29.5 Å². The Bertz CT molecular complexity index is 1640. The van der Waals surface area contributed by atoms with Gasteiger partial charge in [0.05, 0.1) is 36.6 Å². The van der Waals surface area contributed by atoms with Crippen molar-refractivity contribution in [2.45, 2.75) is 19.0 Å². The first-order valence-corrected chi connectivity index (χ1v) is 11.5. The Labute approximate surface area is 209 Å². The van der Waals surface area contributed by atoms with Gasteiger partial charge in [0.1, 0.15) is 35.0 Å². The fraction of sp³-hybridized carbons (Fsp3) is 0.240. The van der Waals surface area contributed by atoms with E-state index in [0.717, 1.165) is 22.3 Å². The van der Waals surface area contributed by atoms with E-state index in [1.54, 1.807) is 6.33 Å². The molecule has 37 heavy (non-hydrogen) atoms. The molecule has 2 N–H and O–H groups in total. The quantitative estimate of drug-likeness (QED) is 0.367. The maximum absolute atomic E-state index is 13.8. The monoisotopic (exact) mass is 504 g/mol. The van der Waals surface area contributed by atoms with Crippen LogP contribution < -0.4 is 15.0 Å². The van der Waals surface area contributed by atoms with Gasteiger partial charge >= 0.3 is 0 Å². The number of hydrogen-bond acceptors (Lipinski definition) is 9. The van der Waals surface area contributed by atoms with Gasteiger partial charge < -0.3 is 24.6 Å². The maximum atomic E-state index is 13.8. The lowest BCUT2D eigenvalue weighted by Gasteiger charge is -2.16. The highest BCUT2D eigenvalue weighted by Gasteiger charge is 2.48. The summed E-state index contributed by atoms with van der Waals surface area (Å²) in [6.45, 7) is 1.00. The molecule has 5 aromatic rings. The third-order valence-corrected chi connectivity index (χ3v) is 6.29. The van der Waals surface area contributed by atoms with Gasteiger partial charge in [-0.3, -0.25) is 0 Å². The number of alkyl halides is 2. The number of fused-ring (bicyclic) bond motifs is 2. The first kappa shape index (κ1) is 23.0. The number of nitrogens with one attached hydrogen (secondary N) is 1. The van der Waals surface area contributed by atoms with E-state index in [1.807, 2.05) is 54.9 Å². The molecule has 3 aromatic heterocycles. The van der Waals surface area contributed by atoms with E-state index in [2.05, 4.69) is 30.2 Å². The Morgan fingerprint density at radius 3 is 2.73 bits per heavy atom. The number of aromatic nitrogens is 6. The number of hydrogen-bond donors (Lipinski definition) is 2. The molecule has 1 aliphatic rings. The van der Waals surface area contributed by atoms with E-state index in [0.29, 0.717) is 28.4 Å². The summed E-state index contributed by atoms with van der Waals surface area (Å²) < 4.78 is 35.7. The largest absolute Gasteiger partial charge is 0.457 e. The Morgan fingerprint density at radius 1 is 1.08 bits per heavy atom. The number of anilines is 3. The van der Waals surface area contributed by atoms with Crippen LogP contribution in [0, 0.1) is 6.92 Å². The van der Waals surface area contributed by atoms with Crippen LogP contribution >= 0.6 is 0 Å². The summed E-state index contributed by atoms with van der Waals surface area (Å²) in [5, 5.41) is 12.9. The number of aryl methyl sites for hydroxylation is 2. The Balaban J connectivity index is 1.25. The summed E-state index contributed by atoms with van der Waals surface area (Å²) in [5.41, 5.74) is 4.30. The molecule has 1 saturated heterocycles. The summed E-state index contributed by atoms with van der Waals surface area (Å²) in [6, 6.07) is 11.3.